The summed E-state index contributed by atoms with van der Waals surface area (Å²) in [6, 6.07) is 18.1. The molecule has 146 valence electrons. The predicted molar refractivity (Wildman–Crippen MR) is 113 cm³/mol. The molecule has 1 heterocycles. The van der Waals surface area contributed by atoms with Gasteiger partial charge in [0.25, 0.3) is 5.91 Å². The smallest absolute Gasteiger partial charge is 0.255 e. The van der Waals surface area contributed by atoms with Crippen molar-refractivity contribution in [1.82, 2.24) is 20.0 Å². The zero-order valence-corrected chi connectivity index (χ0v) is 16.9. The van der Waals surface area contributed by atoms with E-state index in [0.717, 1.165) is 36.6 Å². The molecule has 0 fully saturated rings. The molecule has 0 radical (unpaired) electrons. The van der Waals surface area contributed by atoms with Crippen molar-refractivity contribution in [1.29, 1.82) is 0 Å². The van der Waals surface area contributed by atoms with Gasteiger partial charge in [0.2, 0.25) is 0 Å². The van der Waals surface area contributed by atoms with Crippen molar-refractivity contribution in [2.75, 3.05) is 13.1 Å². The molecule has 0 bridgehead atoms. The molecule has 0 atom stereocenters. The highest BCUT2D eigenvalue weighted by atomic mass is 16.1. The molecule has 5 nitrogen and oxygen atoms in total. The molecule has 0 aliphatic heterocycles. The molecule has 0 aliphatic carbocycles. The summed E-state index contributed by atoms with van der Waals surface area (Å²) in [5.74, 6) is -0.0997. The van der Waals surface area contributed by atoms with E-state index in [9.17, 15) is 4.79 Å². The highest BCUT2D eigenvalue weighted by Crippen LogP contribution is 2.15. The minimum absolute atomic E-state index is 0.0997. The maximum Gasteiger partial charge on any atom is 0.255 e. The minimum atomic E-state index is -0.0997. The van der Waals surface area contributed by atoms with Gasteiger partial charge in [0.05, 0.1) is 23.1 Å². The van der Waals surface area contributed by atoms with E-state index in [2.05, 4.69) is 47.4 Å². The van der Waals surface area contributed by atoms with Crippen LogP contribution in [0.3, 0.4) is 0 Å². The number of nitrogens with zero attached hydrogens (tertiary/aromatic N) is 3. The minimum Gasteiger partial charge on any atom is -0.348 e. The number of para-hydroxylation sites is 1. The van der Waals surface area contributed by atoms with Crippen molar-refractivity contribution in [2.24, 2.45) is 0 Å². The number of hydrogen-bond donors (Lipinski definition) is 1. The number of rotatable bonds is 8. The van der Waals surface area contributed by atoms with Crippen molar-refractivity contribution in [3.63, 3.8) is 0 Å². The number of aromatic nitrogens is 2. The summed E-state index contributed by atoms with van der Waals surface area (Å²) in [6.07, 6.45) is 1.64. The van der Waals surface area contributed by atoms with Crippen LogP contribution in [0.15, 0.2) is 60.8 Å². The maximum absolute atomic E-state index is 12.8. The molecule has 1 amide bonds. The topological polar surface area (TPSA) is 50.2 Å². The summed E-state index contributed by atoms with van der Waals surface area (Å²) in [7, 11) is 0. The zero-order chi connectivity index (χ0) is 19.9. The third-order valence-electron chi connectivity index (χ3n) is 5.10. The van der Waals surface area contributed by atoms with Crippen LogP contribution in [-0.4, -0.2) is 33.7 Å². The highest BCUT2D eigenvalue weighted by molar-refractivity contribution is 5.95. The van der Waals surface area contributed by atoms with Crippen molar-refractivity contribution < 1.29 is 4.79 Å². The summed E-state index contributed by atoms with van der Waals surface area (Å²) in [6.45, 7) is 9.67. The van der Waals surface area contributed by atoms with Crippen LogP contribution in [-0.2, 0) is 13.1 Å². The number of benzene rings is 2. The van der Waals surface area contributed by atoms with E-state index in [1.165, 1.54) is 5.56 Å². The molecule has 5 heteroatoms. The lowest BCUT2D eigenvalue weighted by Gasteiger charge is -2.20. The SMILES string of the molecule is CCN(CC)Cc1ccccc1CNC(=O)c1cnn(-c2ccccc2)c1C. The lowest BCUT2D eigenvalue weighted by molar-refractivity contribution is 0.0950. The van der Waals surface area contributed by atoms with Crippen molar-refractivity contribution in [2.45, 2.75) is 33.9 Å². The first-order valence-corrected chi connectivity index (χ1v) is 9.81. The molecule has 3 aromatic rings. The van der Waals surface area contributed by atoms with Crippen LogP contribution in [0.2, 0.25) is 0 Å². The molecule has 0 saturated carbocycles. The fraction of sp³-hybridized carbons (Fsp3) is 0.304. The van der Waals surface area contributed by atoms with Gasteiger partial charge in [0.1, 0.15) is 0 Å². The van der Waals surface area contributed by atoms with Crippen molar-refractivity contribution in [3.8, 4) is 5.69 Å². The molecule has 1 aromatic heterocycles. The van der Waals surface area contributed by atoms with Gasteiger partial charge in [-0.25, -0.2) is 4.68 Å². The number of carbonyl (C=O) groups is 1. The molecule has 28 heavy (non-hydrogen) atoms. The lowest BCUT2D eigenvalue weighted by Crippen LogP contribution is -2.26. The van der Waals surface area contributed by atoms with Crippen LogP contribution >= 0.6 is 0 Å². The van der Waals surface area contributed by atoms with Gasteiger partial charge in [0, 0.05) is 13.1 Å². The van der Waals surface area contributed by atoms with Gasteiger partial charge in [-0.2, -0.15) is 5.10 Å². The predicted octanol–water partition coefficient (Wildman–Crippen LogP) is 3.95. The van der Waals surface area contributed by atoms with E-state index in [1.807, 2.05) is 43.3 Å². The Bertz CT molecular complexity index is 913. The van der Waals surface area contributed by atoms with Crippen LogP contribution in [0.1, 0.15) is 41.0 Å². The Kier molecular flexibility index (Phi) is 6.61. The summed E-state index contributed by atoms with van der Waals surface area (Å²) < 4.78 is 1.79. The molecule has 2 aromatic carbocycles. The normalized spacial score (nSPS) is 11.0. The van der Waals surface area contributed by atoms with E-state index >= 15 is 0 Å². The molecule has 0 unspecified atom stereocenters. The van der Waals surface area contributed by atoms with Crippen molar-refractivity contribution in [3.05, 3.63) is 83.2 Å². The first kappa shape index (κ1) is 19.8. The summed E-state index contributed by atoms with van der Waals surface area (Å²) in [5, 5.41) is 7.45. The van der Waals surface area contributed by atoms with Crippen LogP contribution in [0.4, 0.5) is 0 Å². The van der Waals surface area contributed by atoms with Crippen LogP contribution in [0.25, 0.3) is 5.69 Å². The molecule has 0 saturated heterocycles. The monoisotopic (exact) mass is 376 g/mol. The number of nitrogens with one attached hydrogen (secondary N) is 1. The lowest BCUT2D eigenvalue weighted by atomic mass is 10.1. The fourth-order valence-electron chi connectivity index (χ4n) is 3.31. The second kappa shape index (κ2) is 9.33. The Morgan fingerprint density at radius 2 is 1.64 bits per heavy atom. The Morgan fingerprint density at radius 1 is 1.00 bits per heavy atom. The fourth-order valence-corrected chi connectivity index (χ4v) is 3.31. The largest absolute Gasteiger partial charge is 0.348 e. The van der Waals surface area contributed by atoms with Gasteiger partial charge in [-0.1, -0.05) is 56.3 Å². The average molecular weight is 377 g/mol. The number of carbonyl (C=O) groups excluding carboxylic acids is 1. The quantitative estimate of drug-likeness (QED) is 0.648. The van der Waals surface area contributed by atoms with Crippen molar-refractivity contribution >= 4 is 5.91 Å². The van der Waals surface area contributed by atoms with E-state index < -0.39 is 0 Å². The van der Waals surface area contributed by atoms with E-state index in [0.29, 0.717) is 12.1 Å². The van der Waals surface area contributed by atoms with Gasteiger partial charge in [-0.05, 0) is 43.3 Å². The number of hydrogen-bond acceptors (Lipinski definition) is 3. The van der Waals surface area contributed by atoms with Crippen LogP contribution < -0.4 is 5.32 Å². The van der Waals surface area contributed by atoms with Gasteiger partial charge in [-0.3, -0.25) is 9.69 Å². The Hall–Kier alpha value is -2.92. The number of amides is 1. The molecule has 0 aliphatic rings. The molecular weight excluding hydrogens is 348 g/mol. The zero-order valence-electron chi connectivity index (χ0n) is 16.9. The molecule has 1 N–H and O–H groups in total. The maximum atomic E-state index is 12.8. The summed E-state index contributed by atoms with van der Waals surface area (Å²) >= 11 is 0. The van der Waals surface area contributed by atoms with Gasteiger partial charge in [0.15, 0.2) is 0 Å². The van der Waals surface area contributed by atoms with Gasteiger partial charge < -0.3 is 5.32 Å². The third-order valence-corrected chi connectivity index (χ3v) is 5.10. The highest BCUT2D eigenvalue weighted by Gasteiger charge is 2.15. The first-order chi connectivity index (χ1) is 13.6. The summed E-state index contributed by atoms with van der Waals surface area (Å²) in [4.78, 5) is 15.1. The van der Waals surface area contributed by atoms with E-state index in [1.54, 1.807) is 10.9 Å². The Morgan fingerprint density at radius 3 is 2.32 bits per heavy atom. The van der Waals surface area contributed by atoms with E-state index in [-0.39, 0.29) is 5.91 Å². The van der Waals surface area contributed by atoms with Crippen LogP contribution in [0, 0.1) is 6.92 Å². The third kappa shape index (κ3) is 4.49. The first-order valence-electron chi connectivity index (χ1n) is 9.81. The Labute approximate surface area is 167 Å². The molecule has 3 rings (SSSR count). The van der Waals surface area contributed by atoms with Gasteiger partial charge in [-0.15, -0.1) is 0 Å². The molecular formula is C23H28N4O. The summed E-state index contributed by atoms with van der Waals surface area (Å²) in [5.41, 5.74) is 4.79. The second-order valence-corrected chi connectivity index (χ2v) is 6.80. The Balaban J connectivity index is 1.71. The van der Waals surface area contributed by atoms with E-state index in [4.69, 9.17) is 0 Å². The standard InChI is InChI=1S/C23H28N4O/c1-4-26(5-2)17-20-12-10-9-11-19(20)15-24-23(28)22-16-25-27(18(22)3)21-13-7-6-8-14-21/h6-14,16H,4-5,15,17H2,1-3H3,(H,24,28). The average Bonchev–Trinajstić information content (AvgIpc) is 3.13. The van der Waals surface area contributed by atoms with Crippen LogP contribution in [0.5, 0.6) is 0 Å². The van der Waals surface area contributed by atoms with Gasteiger partial charge >= 0.3 is 0 Å². The molecule has 0 spiro atoms. The second-order valence-electron chi connectivity index (χ2n) is 6.80.